The van der Waals surface area contributed by atoms with E-state index in [2.05, 4.69) is 17.0 Å². The summed E-state index contributed by atoms with van der Waals surface area (Å²) in [5, 5.41) is 3.21. The number of rotatable bonds is 2. The molecule has 1 saturated heterocycles. The van der Waals surface area contributed by atoms with Crippen LogP contribution >= 0.6 is 0 Å². The fourth-order valence-electron chi connectivity index (χ4n) is 0.765. The summed E-state index contributed by atoms with van der Waals surface area (Å²) in [5.41, 5.74) is 0. The topological polar surface area (TPSA) is 47.6 Å². The molecule has 1 unspecified atom stereocenters. The van der Waals surface area contributed by atoms with Crippen molar-refractivity contribution in [2.75, 3.05) is 26.3 Å². The van der Waals surface area contributed by atoms with Gasteiger partial charge in [-0.1, -0.05) is 0 Å². The Morgan fingerprint density at radius 1 is 1.75 bits per heavy atom. The fourth-order valence-corrected chi connectivity index (χ4v) is 0.765. The van der Waals surface area contributed by atoms with Crippen molar-refractivity contribution in [2.24, 2.45) is 0 Å². The van der Waals surface area contributed by atoms with Crippen molar-refractivity contribution in [3.05, 3.63) is 0 Å². The van der Waals surface area contributed by atoms with Crippen LogP contribution in [0, 0.1) is 0 Å². The van der Waals surface area contributed by atoms with Gasteiger partial charge in [-0.25, -0.2) is 0 Å². The van der Waals surface area contributed by atoms with Gasteiger partial charge in [-0.2, -0.15) is 0 Å². The maximum atomic E-state index is 9.18. The third-order valence-corrected chi connectivity index (χ3v) is 1.35. The zero-order valence-corrected chi connectivity index (χ0v) is 7.71. The Morgan fingerprint density at radius 2 is 2.50 bits per heavy atom. The normalized spacial score (nSPS) is 22.0. The number of hydrogen-bond donors (Lipinski definition) is 1. The highest BCUT2D eigenvalue weighted by Crippen LogP contribution is 1.91. The second kappa shape index (κ2) is 8.49. The van der Waals surface area contributed by atoms with Crippen LogP contribution in [0.25, 0.3) is 0 Å². The lowest BCUT2D eigenvalue weighted by atomic mass is 10.3. The molecule has 12 heavy (non-hydrogen) atoms. The lowest BCUT2D eigenvalue weighted by Crippen LogP contribution is -2.36. The minimum absolute atomic E-state index is 0.425. The second-order valence-corrected chi connectivity index (χ2v) is 2.44. The molecular weight excluding hydrogens is 158 g/mol. The Morgan fingerprint density at radius 3 is 2.67 bits per heavy atom. The average Bonchev–Trinajstić information content (AvgIpc) is 2.08. The van der Waals surface area contributed by atoms with E-state index in [9.17, 15) is 4.79 Å². The minimum atomic E-state index is 0.425. The molecule has 1 aliphatic heterocycles. The number of carbonyl (C=O) groups excluding carboxylic acids is 1. The van der Waals surface area contributed by atoms with Crippen LogP contribution in [0.1, 0.15) is 13.8 Å². The van der Waals surface area contributed by atoms with Crippen LogP contribution < -0.4 is 5.32 Å². The quantitative estimate of drug-likeness (QED) is 0.608. The van der Waals surface area contributed by atoms with Gasteiger partial charge < -0.3 is 14.8 Å². The molecular formula is C8H17NO3. The van der Waals surface area contributed by atoms with Gasteiger partial charge in [0.05, 0.1) is 19.3 Å². The second-order valence-electron chi connectivity index (χ2n) is 2.44. The number of ether oxygens (including phenoxy) is 2. The first-order chi connectivity index (χ1) is 5.81. The van der Waals surface area contributed by atoms with Gasteiger partial charge in [0, 0.05) is 13.1 Å². The van der Waals surface area contributed by atoms with Gasteiger partial charge in [-0.15, -0.1) is 0 Å². The molecule has 0 spiro atoms. The molecule has 0 aromatic carbocycles. The van der Waals surface area contributed by atoms with E-state index in [0.717, 1.165) is 19.7 Å². The SMILES string of the molecule is CC1CNCCO1.CCOC=O. The molecule has 0 amide bonds. The van der Waals surface area contributed by atoms with Gasteiger partial charge in [0.1, 0.15) is 0 Å². The van der Waals surface area contributed by atoms with Crippen LogP contribution in [0.15, 0.2) is 0 Å². The number of nitrogens with one attached hydrogen (secondary N) is 1. The van der Waals surface area contributed by atoms with Crippen molar-refractivity contribution in [1.82, 2.24) is 5.32 Å². The van der Waals surface area contributed by atoms with E-state index in [1.807, 2.05) is 0 Å². The van der Waals surface area contributed by atoms with E-state index < -0.39 is 0 Å². The third kappa shape index (κ3) is 7.50. The zero-order chi connectivity index (χ0) is 9.23. The van der Waals surface area contributed by atoms with Crippen LogP contribution in [0.5, 0.6) is 0 Å². The molecule has 1 atom stereocenters. The number of carbonyl (C=O) groups is 1. The van der Waals surface area contributed by atoms with Crippen LogP contribution in [-0.2, 0) is 14.3 Å². The Labute approximate surface area is 73.2 Å². The number of morpholine rings is 1. The van der Waals surface area contributed by atoms with Crippen LogP contribution in [0.2, 0.25) is 0 Å². The molecule has 1 rings (SSSR count). The standard InChI is InChI=1S/C5H11NO.C3H6O2/c1-5-4-6-2-3-7-5;1-2-5-3-4/h5-6H,2-4H2,1H3;3H,2H2,1H3. The predicted octanol–water partition coefficient (Wildman–Crippen LogP) is 0.174. The zero-order valence-electron chi connectivity index (χ0n) is 7.71. The summed E-state index contributed by atoms with van der Waals surface area (Å²) in [5.74, 6) is 0. The van der Waals surface area contributed by atoms with Crippen LogP contribution in [0.4, 0.5) is 0 Å². The van der Waals surface area contributed by atoms with Gasteiger partial charge in [0.25, 0.3) is 6.47 Å². The lowest BCUT2D eigenvalue weighted by Gasteiger charge is -2.18. The van der Waals surface area contributed by atoms with Gasteiger partial charge in [-0.3, -0.25) is 4.79 Å². The molecule has 0 aromatic heterocycles. The fraction of sp³-hybridized carbons (Fsp3) is 0.875. The lowest BCUT2D eigenvalue weighted by molar-refractivity contribution is -0.128. The maximum absolute atomic E-state index is 9.18. The van der Waals surface area contributed by atoms with Crippen LogP contribution in [0.3, 0.4) is 0 Å². The molecule has 1 heterocycles. The van der Waals surface area contributed by atoms with Crippen molar-refractivity contribution in [2.45, 2.75) is 20.0 Å². The van der Waals surface area contributed by atoms with E-state index >= 15 is 0 Å². The summed E-state index contributed by atoms with van der Waals surface area (Å²) in [6.07, 6.45) is 0.425. The van der Waals surface area contributed by atoms with Crippen molar-refractivity contribution >= 4 is 6.47 Å². The first kappa shape index (κ1) is 11.4. The Balaban J connectivity index is 0.000000217. The average molecular weight is 175 g/mol. The highest BCUT2D eigenvalue weighted by atomic mass is 16.5. The molecule has 0 bridgehead atoms. The largest absolute Gasteiger partial charge is 0.468 e. The molecule has 1 aliphatic rings. The molecule has 72 valence electrons. The third-order valence-electron chi connectivity index (χ3n) is 1.35. The highest BCUT2D eigenvalue weighted by molar-refractivity contribution is 5.36. The minimum Gasteiger partial charge on any atom is -0.468 e. The Bertz CT molecular complexity index is 102. The Hall–Kier alpha value is -0.610. The molecule has 0 saturated carbocycles. The molecule has 4 heteroatoms. The van der Waals surface area contributed by atoms with Crippen molar-refractivity contribution in [3.63, 3.8) is 0 Å². The molecule has 0 aromatic rings. The van der Waals surface area contributed by atoms with E-state index in [4.69, 9.17) is 4.74 Å². The summed E-state index contributed by atoms with van der Waals surface area (Å²) < 4.78 is 9.37. The summed E-state index contributed by atoms with van der Waals surface area (Å²) in [7, 11) is 0. The van der Waals surface area contributed by atoms with E-state index in [0.29, 0.717) is 19.2 Å². The van der Waals surface area contributed by atoms with Gasteiger partial charge >= 0.3 is 0 Å². The smallest absolute Gasteiger partial charge is 0.293 e. The molecule has 0 radical (unpaired) electrons. The van der Waals surface area contributed by atoms with Crippen molar-refractivity contribution < 1.29 is 14.3 Å². The molecule has 0 aliphatic carbocycles. The summed E-state index contributed by atoms with van der Waals surface area (Å²) in [4.78, 5) is 9.18. The summed E-state index contributed by atoms with van der Waals surface area (Å²) >= 11 is 0. The van der Waals surface area contributed by atoms with E-state index in [-0.39, 0.29) is 0 Å². The summed E-state index contributed by atoms with van der Waals surface area (Å²) in [6.45, 7) is 7.65. The highest BCUT2D eigenvalue weighted by Gasteiger charge is 2.04. The monoisotopic (exact) mass is 175 g/mol. The Kier molecular flexibility index (Phi) is 8.05. The van der Waals surface area contributed by atoms with E-state index in [1.165, 1.54) is 0 Å². The predicted molar refractivity (Wildman–Crippen MR) is 46.0 cm³/mol. The van der Waals surface area contributed by atoms with Gasteiger partial charge in [0.15, 0.2) is 0 Å². The molecule has 4 nitrogen and oxygen atoms in total. The van der Waals surface area contributed by atoms with E-state index in [1.54, 1.807) is 6.92 Å². The van der Waals surface area contributed by atoms with Crippen LogP contribution in [-0.4, -0.2) is 38.9 Å². The summed E-state index contributed by atoms with van der Waals surface area (Å²) in [6, 6.07) is 0. The van der Waals surface area contributed by atoms with Gasteiger partial charge in [-0.05, 0) is 13.8 Å². The molecule has 1 N–H and O–H groups in total. The van der Waals surface area contributed by atoms with Gasteiger partial charge in [0.2, 0.25) is 0 Å². The number of hydrogen-bond acceptors (Lipinski definition) is 4. The van der Waals surface area contributed by atoms with Crippen molar-refractivity contribution in [1.29, 1.82) is 0 Å². The maximum Gasteiger partial charge on any atom is 0.293 e. The first-order valence-corrected chi connectivity index (χ1v) is 4.18. The van der Waals surface area contributed by atoms with Crippen molar-refractivity contribution in [3.8, 4) is 0 Å². The molecule has 1 fully saturated rings. The first-order valence-electron chi connectivity index (χ1n) is 4.18.